The number of rotatable bonds is 1. The minimum absolute atomic E-state index is 0.0883. The third-order valence-corrected chi connectivity index (χ3v) is 2.58. The quantitative estimate of drug-likeness (QED) is 0.660. The highest BCUT2D eigenvalue weighted by atomic mass is 19.4. The molecule has 0 aromatic carbocycles. The van der Waals surface area contributed by atoms with Gasteiger partial charge in [0.2, 0.25) is 0 Å². The van der Waals surface area contributed by atoms with E-state index in [1.54, 1.807) is 0 Å². The van der Waals surface area contributed by atoms with Crippen molar-refractivity contribution in [2.45, 2.75) is 31.9 Å². The Morgan fingerprint density at radius 2 is 1.92 bits per heavy atom. The fourth-order valence-electron chi connectivity index (χ4n) is 1.80. The molecule has 0 aromatic heterocycles. The average Bonchev–Trinajstić information content (AvgIpc) is 2.03. The molecule has 0 amide bonds. The molecule has 1 saturated carbocycles. The molecule has 2 N–H and O–H groups in total. The zero-order chi connectivity index (χ0) is 9.19. The first-order chi connectivity index (χ1) is 5.54. The lowest BCUT2D eigenvalue weighted by atomic mass is 9.81. The molecule has 0 radical (unpaired) electrons. The van der Waals surface area contributed by atoms with Gasteiger partial charge in [0, 0.05) is 0 Å². The van der Waals surface area contributed by atoms with Crippen molar-refractivity contribution in [2.75, 3.05) is 6.54 Å². The van der Waals surface area contributed by atoms with Crippen LogP contribution in [0, 0.1) is 11.8 Å². The van der Waals surface area contributed by atoms with E-state index in [9.17, 15) is 13.2 Å². The van der Waals surface area contributed by atoms with Gasteiger partial charge in [-0.15, -0.1) is 0 Å². The van der Waals surface area contributed by atoms with E-state index in [1.165, 1.54) is 0 Å². The molecule has 0 spiro atoms. The van der Waals surface area contributed by atoms with Gasteiger partial charge in [0.1, 0.15) is 0 Å². The van der Waals surface area contributed by atoms with E-state index < -0.39 is 12.1 Å². The number of alkyl halides is 3. The molecule has 0 saturated heterocycles. The lowest BCUT2D eigenvalue weighted by Gasteiger charge is -2.29. The standard InChI is InChI=1S/C8H14F3N/c9-8(10,11)7-3-1-2-6(4-7)5-12/h6-7H,1-5,12H2/t6-,7+/m0/s1. The molecule has 0 bridgehead atoms. The van der Waals surface area contributed by atoms with Crippen molar-refractivity contribution >= 4 is 0 Å². The van der Waals surface area contributed by atoms with Crippen LogP contribution >= 0.6 is 0 Å². The molecule has 72 valence electrons. The fourth-order valence-corrected chi connectivity index (χ4v) is 1.80. The van der Waals surface area contributed by atoms with E-state index in [0.29, 0.717) is 19.4 Å². The van der Waals surface area contributed by atoms with E-state index >= 15 is 0 Å². The van der Waals surface area contributed by atoms with Gasteiger partial charge in [-0.2, -0.15) is 13.2 Å². The first-order valence-corrected chi connectivity index (χ1v) is 4.31. The summed E-state index contributed by atoms with van der Waals surface area (Å²) in [6.07, 6.45) is -1.94. The van der Waals surface area contributed by atoms with Crippen molar-refractivity contribution in [1.29, 1.82) is 0 Å². The Morgan fingerprint density at radius 3 is 2.42 bits per heavy atom. The molecule has 4 heteroatoms. The zero-order valence-corrected chi connectivity index (χ0v) is 6.90. The summed E-state index contributed by atoms with van der Waals surface area (Å²) in [5.74, 6) is -1.01. The SMILES string of the molecule is NC[C@H]1CCC[C@@H](C(F)(F)F)C1. The molecule has 1 nitrogen and oxygen atoms in total. The maximum Gasteiger partial charge on any atom is 0.391 e. The Morgan fingerprint density at radius 1 is 1.25 bits per heavy atom. The Bertz CT molecular complexity index is 144. The van der Waals surface area contributed by atoms with Crippen molar-refractivity contribution in [3.63, 3.8) is 0 Å². The molecule has 1 aliphatic carbocycles. The van der Waals surface area contributed by atoms with Crippen LogP contribution in [0.15, 0.2) is 0 Å². The second kappa shape index (κ2) is 3.64. The van der Waals surface area contributed by atoms with Crippen LogP contribution in [0.1, 0.15) is 25.7 Å². The summed E-state index contributed by atoms with van der Waals surface area (Å²) in [7, 11) is 0. The molecular formula is C8H14F3N. The maximum atomic E-state index is 12.2. The van der Waals surface area contributed by atoms with Crippen molar-refractivity contribution in [3.05, 3.63) is 0 Å². The summed E-state index contributed by atoms with van der Waals surface area (Å²) in [5.41, 5.74) is 5.34. The van der Waals surface area contributed by atoms with E-state index in [1.807, 2.05) is 0 Å². The van der Waals surface area contributed by atoms with Gasteiger partial charge in [0.15, 0.2) is 0 Å². The molecule has 0 aliphatic heterocycles. The van der Waals surface area contributed by atoms with Crippen LogP contribution in [0.25, 0.3) is 0 Å². The number of hydrogen-bond donors (Lipinski definition) is 1. The average molecular weight is 181 g/mol. The topological polar surface area (TPSA) is 26.0 Å². The van der Waals surface area contributed by atoms with Gasteiger partial charge >= 0.3 is 6.18 Å². The van der Waals surface area contributed by atoms with E-state index in [-0.39, 0.29) is 12.3 Å². The van der Waals surface area contributed by atoms with E-state index in [4.69, 9.17) is 5.73 Å². The van der Waals surface area contributed by atoms with Gasteiger partial charge in [-0.1, -0.05) is 6.42 Å². The van der Waals surface area contributed by atoms with Crippen LogP contribution in [-0.4, -0.2) is 12.7 Å². The first-order valence-electron chi connectivity index (χ1n) is 4.31. The monoisotopic (exact) mass is 181 g/mol. The van der Waals surface area contributed by atoms with Crippen molar-refractivity contribution in [3.8, 4) is 0 Å². The Labute approximate surface area is 70.1 Å². The Kier molecular flexibility index (Phi) is 2.99. The fraction of sp³-hybridized carbons (Fsp3) is 1.00. The minimum Gasteiger partial charge on any atom is -0.330 e. The molecule has 12 heavy (non-hydrogen) atoms. The third kappa shape index (κ3) is 2.37. The van der Waals surface area contributed by atoms with Crippen LogP contribution in [0.4, 0.5) is 13.2 Å². The van der Waals surface area contributed by atoms with Gasteiger partial charge in [-0.05, 0) is 31.7 Å². The summed E-state index contributed by atoms with van der Waals surface area (Å²) in [5, 5.41) is 0. The van der Waals surface area contributed by atoms with E-state index in [0.717, 1.165) is 6.42 Å². The van der Waals surface area contributed by atoms with Crippen molar-refractivity contribution in [1.82, 2.24) is 0 Å². The zero-order valence-electron chi connectivity index (χ0n) is 6.90. The summed E-state index contributed by atoms with van der Waals surface area (Å²) >= 11 is 0. The predicted molar refractivity (Wildman–Crippen MR) is 40.6 cm³/mol. The van der Waals surface area contributed by atoms with Gasteiger partial charge < -0.3 is 5.73 Å². The van der Waals surface area contributed by atoms with Gasteiger partial charge in [-0.25, -0.2) is 0 Å². The van der Waals surface area contributed by atoms with E-state index in [2.05, 4.69) is 0 Å². The molecule has 1 fully saturated rings. The van der Waals surface area contributed by atoms with Crippen molar-refractivity contribution in [2.24, 2.45) is 17.6 Å². The lowest BCUT2D eigenvalue weighted by Crippen LogP contribution is -2.31. The number of halogens is 3. The second-order valence-electron chi connectivity index (χ2n) is 3.51. The van der Waals surface area contributed by atoms with Crippen LogP contribution in [0.2, 0.25) is 0 Å². The largest absolute Gasteiger partial charge is 0.391 e. The minimum atomic E-state index is -4.01. The molecule has 1 aliphatic rings. The second-order valence-corrected chi connectivity index (χ2v) is 3.51. The first kappa shape index (κ1) is 9.84. The van der Waals surface area contributed by atoms with Crippen LogP contribution < -0.4 is 5.73 Å². The molecule has 1 rings (SSSR count). The van der Waals surface area contributed by atoms with Gasteiger partial charge in [0.25, 0.3) is 0 Å². The predicted octanol–water partition coefficient (Wildman–Crippen LogP) is 2.31. The summed E-state index contributed by atoms with van der Waals surface area (Å²) in [6.45, 7) is 0.395. The third-order valence-electron chi connectivity index (χ3n) is 2.58. The Balaban J connectivity index is 2.46. The maximum absolute atomic E-state index is 12.2. The Hall–Kier alpha value is -0.250. The molecule has 0 heterocycles. The van der Waals surface area contributed by atoms with Crippen molar-refractivity contribution < 1.29 is 13.2 Å². The smallest absolute Gasteiger partial charge is 0.330 e. The molecule has 2 atom stereocenters. The normalized spacial score (nSPS) is 32.0. The summed E-state index contributed by atoms with van der Waals surface area (Å²) in [4.78, 5) is 0. The number of hydrogen-bond acceptors (Lipinski definition) is 1. The van der Waals surface area contributed by atoms with Crippen LogP contribution in [0.5, 0.6) is 0 Å². The van der Waals surface area contributed by atoms with Crippen LogP contribution in [0.3, 0.4) is 0 Å². The highest BCUT2D eigenvalue weighted by molar-refractivity contribution is 4.77. The van der Waals surface area contributed by atoms with Gasteiger partial charge in [0.05, 0.1) is 5.92 Å². The molecule has 0 unspecified atom stereocenters. The lowest BCUT2D eigenvalue weighted by molar-refractivity contribution is -0.185. The highest BCUT2D eigenvalue weighted by Crippen LogP contribution is 2.39. The molecule has 0 aromatic rings. The summed E-state index contributed by atoms with van der Waals surface area (Å²) in [6, 6.07) is 0. The number of nitrogens with two attached hydrogens (primary N) is 1. The van der Waals surface area contributed by atoms with Gasteiger partial charge in [-0.3, -0.25) is 0 Å². The van der Waals surface area contributed by atoms with Crippen LogP contribution in [-0.2, 0) is 0 Å². The highest BCUT2D eigenvalue weighted by Gasteiger charge is 2.41. The molecular weight excluding hydrogens is 167 g/mol. The summed E-state index contributed by atoms with van der Waals surface area (Å²) < 4.78 is 36.6.